The molecule has 5 nitrogen and oxygen atoms in total. The van der Waals surface area contributed by atoms with E-state index in [1.807, 2.05) is 30.3 Å². The Morgan fingerprint density at radius 1 is 0.875 bits per heavy atom. The summed E-state index contributed by atoms with van der Waals surface area (Å²) in [6.45, 7) is 0. The maximum absolute atomic E-state index is 12.1. The Balaban J connectivity index is 2.21. The van der Waals surface area contributed by atoms with Gasteiger partial charge in [-0.25, -0.2) is 9.59 Å². The summed E-state index contributed by atoms with van der Waals surface area (Å²) in [7, 11) is 1.40. The average Bonchev–Trinajstić information content (AvgIpc) is 2.61. The van der Waals surface area contributed by atoms with Crippen LogP contribution in [0.5, 0.6) is 11.5 Å². The minimum atomic E-state index is -0.749. The molecule has 0 fully saturated rings. The molecule has 5 heteroatoms. The predicted molar refractivity (Wildman–Crippen MR) is 87.3 cm³/mol. The van der Waals surface area contributed by atoms with Gasteiger partial charge in [0.25, 0.3) is 0 Å². The van der Waals surface area contributed by atoms with Gasteiger partial charge in [-0.15, -0.1) is 0 Å². The highest BCUT2D eigenvalue weighted by Crippen LogP contribution is 2.45. The van der Waals surface area contributed by atoms with Gasteiger partial charge in [0.1, 0.15) is 0 Å². The molecular weight excluding hydrogens is 308 g/mol. The fourth-order valence-electron chi connectivity index (χ4n) is 3.06. The summed E-state index contributed by atoms with van der Waals surface area (Å²) in [6, 6.07) is 14.1. The van der Waals surface area contributed by atoms with E-state index in [2.05, 4.69) is 0 Å². The summed E-state index contributed by atoms with van der Waals surface area (Å²) in [5, 5.41) is 11.4. The highest BCUT2D eigenvalue weighted by molar-refractivity contribution is 6.24. The van der Waals surface area contributed by atoms with Gasteiger partial charge in [-0.3, -0.25) is 0 Å². The van der Waals surface area contributed by atoms with Crippen LogP contribution in [0.3, 0.4) is 0 Å². The zero-order valence-electron chi connectivity index (χ0n) is 12.7. The zero-order chi connectivity index (χ0) is 16.8. The van der Waals surface area contributed by atoms with Crippen molar-refractivity contribution in [2.75, 3.05) is 7.11 Å². The van der Waals surface area contributed by atoms with Gasteiger partial charge >= 0.3 is 11.9 Å². The number of methoxy groups -OCH3 is 1. The molecule has 0 aliphatic carbocycles. The maximum atomic E-state index is 12.1. The first-order valence-electron chi connectivity index (χ1n) is 7.30. The number of rotatable bonds is 2. The van der Waals surface area contributed by atoms with E-state index in [0.29, 0.717) is 16.3 Å². The largest absolute Gasteiger partial charge is 0.504 e. The molecule has 4 rings (SSSR count). The van der Waals surface area contributed by atoms with E-state index < -0.39 is 11.9 Å². The Morgan fingerprint density at radius 2 is 1.54 bits per heavy atom. The Labute approximate surface area is 137 Å². The SMILES string of the molecule is COc1cc2c3c(ccc(-c4ccccc4)c3c1O)C(=O)OC2=O. The lowest BCUT2D eigenvalue weighted by Crippen LogP contribution is -2.20. The molecule has 0 spiro atoms. The molecule has 0 atom stereocenters. The Kier molecular flexibility index (Phi) is 3.03. The molecule has 0 aromatic heterocycles. The number of aromatic hydroxyl groups is 1. The molecule has 0 radical (unpaired) electrons. The van der Waals surface area contributed by atoms with Gasteiger partial charge in [0, 0.05) is 10.8 Å². The van der Waals surface area contributed by atoms with Crippen LogP contribution in [0.1, 0.15) is 20.7 Å². The smallest absolute Gasteiger partial charge is 0.346 e. The Bertz CT molecular complexity index is 1010. The molecule has 0 unspecified atom stereocenters. The molecule has 1 aliphatic heterocycles. The summed E-state index contributed by atoms with van der Waals surface area (Å²) in [6.07, 6.45) is 0. The van der Waals surface area contributed by atoms with E-state index >= 15 is 0 Å². The molecule has 0 amide bonds. The van der Waals surface area contributed by atoms with Crippen LogP contribution in [0.15, 0.2) is 48.5 Å². The fraction of sp³-hybridized carbons (Fsp3) is 0.0526. The minimum absolute atomic E-state index is 0.112. The first-order valence-corrected chi connectivity index (χ1v) is 7.30. The van der Waals surface area contributed by atoms with Crippen molar-refractivity contribution in [3.05, 3.63) is 59.7 Å². The van der Waals surface area contributed by atoms with E-state index in [0.717, 1.165) is 5.56 Å². The number of ether oxygens (including phenoxy) is 2. The van der Waals surface area contributed by atoms with Gasteiger partial charge in [-0.2, -0.15) is 0 Å². The minimum Gasteiger partial charge on any atom is -0.504 e. The molecule has 3 aromatic rings. The molecule has 0 saturated heterocycles. The van der Waals surface area contributed by atoms with Crippen LogP contribution in [-0.4, -0.2) is 24.2 Å². The third-order valence-corrected chi connectivity index (χ3v) is 4.15. The molecule has 3 aromatic carbocycles. The van der Waals surface area contributed by atoms with Crippen LogP contribution in [0.4, 0.5) is 0 Å². The van der Waals surface area contributed by atoms with E-state index in [9.17, 15) is 14.7 Å². The number of esters is 2. The molecule has 118 valence electrons. The lowest BCUT2D eigenvalue weighted by atomic mass is 9.90. The van der Waals surface area contributed by atoms with Crippen molar-refractivity contribution in [2.24, 2.45) is 0 Å². The lowest BCUT2D eigenvalue weighted by molar-refractivity contribution is 0.0391. The topological polar surface area (TPSA) is 72.8 Å². The quantitative estimate of drug-likeness (QED) is 0.577. The van der Waals surface area contributed by atoms with Crippen molar-refractivity contribution in [3.8, 4) is 22.6 Å². The highest BCUT2D eigenvalue weighted by atomic mass is 16.6. The molecule has 0 bridgehead atoms. The molecule has 1 aliphatic rings. The normalized spacial score (nSPS) is 13.0. The Morgan fingerprint density at radius 3 is 2.25 bits per heavy atom. The van der Waals surface area contributed by atoms with E-state index in [-0.39, 0.29) is 22.6 Å². The van der Waals surface area contributed by atoms with Gasteiger partial charge in [-0.1, -0.05) is 36.4 Å². The number of phenolic OH excluding ortho intramolecular Hbond substituents is 1. The summed E-state index contributed by atoms with van der Waals surface area (Å²) in [5.74, 6) is -1.43. The van der Waals surface area contributed by atoms with Crippen LogP contribution < -0.4 is 4.74 Å². The first kappa shape index (κ1) is 14.3. The van der Waals surface area contributed by atoms with Gasteiger partial charge in [0.15, 0.2) is 11.5 Å². The van der Waals surface area contributed by atoms with Gasteiger partial charge in [0.05, 0.1) is 18.2 Å². The molecule has 0 saturated carbocycles. The highest BCUT2D eigenvalue weighted by Gasteiger charge is 2.31. The van der Waals surface area contributed by atoms with Crippen LogP contribution in [-0.2, 0) is 4.74 Å². The van der Waals surface area contributed by atoms with Crippen LogP contribution >= 0.6 is 0 Å². The van der Waals surface area contributed by atoms with Crippen molar-refractivity contribution in [1.82, 2.24) is 0 Å². The first-order chi connectivity index (χ1) is 11.6. The zero-order valence-corrected chi connectivity index (χ0v) is 12.7. The number of carbonyl (C=O) groups is 2. The van der Waals surface area contributed by atoms with E-state index in [1.165, 1.54) is 13.2 Å². The van der Waals surface area contributed by atoms with Crippen molar-refractivity contribution in [3.63, 3.8) is 0 Å². The number of benzene rings is 3. The summed E-state index contributed by atoms with van der Waals surface area (Å²) in [4.78, 5) is 24.2. The maximum Gasteiger partial charge on any atom is 0.346 e. The summed E-state index contributed by atoms with van der Waals surface area (Å²) < 4.78 is 9.96. The van der Waals surface area contributed by atoms with E-state index in [1.54, 1.807) is 12.1 Å². The van der Waals surface area contributed by atoms with Crippen LogP contribution in [0, 0.1) is 0 Å². The van der Waals surface area contributed by atoms with E-state index in [4.69, 9.17) is 9.47 Å². The summed E-state index contributed by atoms with van der Waals surface area (Å²) in [5.41, 5.74) is 2.00. The van der Waals surface area contributed by atoms with Crippen LogP contribution in [0.25, 0.3) is 21.9 Å². The predicted octanol–water partition coefficient (Wildman–Crippen LogP) is 3.53. The Hall–Kier alpha value is -3.34. The number of carbonyl (C=O) groups excluding carboxylic acids is 2. The lowest BCUT2D eigenvalue weighted by Gasteiger charge is -2.20. The fourth-order valence-corrected chi connectivity index (χ4v) is 3.06. The molecule has 1 N–H and O–H groups in total. The average molecular weight is 320 g/mol. The van der Waals surface area contributed by atoms with Gasteiger partial charge in [0.2, 0.25) is 0 Å². The van der Waals surface area contributed by atoms with Crippen molar-refractivity contribution >= 4 is 22.7 Å². The standard InChI is InChI=1S/C19H12O5/c1-23-14-9-13-15-12(18(21)24-19(13)22)8-7-11(16(15)17(14)20)10-5-3-2-4-6-10/h2-9,20H,1H3. The van der Waals surface area contributed by atoms with Gasteiger partial charge < -0.3 is 14.6 Å². The number of cyclic esters (lactones) is 2. The number of hydrogen-bond acceptors (Lipinski definition) is 5. The molecule has 24 heavy (non-hydrogen) atoms. The molecular formula is C19H12O5. The summed E-state index contributed by atoms with van der Waals surface area (Å²) >= 11 is 0. The van der Waals surface area contributed by atoms with Crippen LogP contribution in [0.2, 0.25) is 0 Å². The third kappa shape index (κ3) is 1.88. The van der Waals surface area contributed by atoms with Gasteiger partial charge in [-0.05, 0) is 23.3 Å². The number of hydrogen-bond donors (Lipinski definition) is 1. The number of phenols is 1. The second kappa shape index (κ2) is 5.09. The van der Waals surface area contributed by atoms with Crippen molar-refractivity contribution < 1.29 is 24.2 Å². The monoisotopic (exact) mass is 320 g/mol. The molecule has 1 heterocycles. The van der Waals surface area contributed by atoms with Crippen molar-refractivity contribution in [1.29, 1.82) is 0 Å². The second-order valence-electron chi connectivity index (χ2n) is 5.43. The third-order valence-electron chi connectivity index (χ3n) is 4.15. The van der Waals surface area contributed by atoms with Crippen molar-refractivity contribution in [2.45, 2.75) is 0 Å². The second-order valence-corrected chi connectivity index (χ2v) is 5.43.